The fourth-order valence-electron chi connectivity index (χ4n) is 1.94. The molecule has 0 aromatic heterocycles. The number of carbonyl (C=O) groups is 2. The molecule has 96 valence electrons. The van der Waals surface area contributed by atoms with Crippen LogP contribution in [0.25, 0.3) is 0 Å². The molecular weight excluding hydrogens is 230 g/mol. The van der Waals surface area contributed by atoms with Gasteiger partial charge >= 0.3 is 5.97 Å². The van der Waals surface area contributed by atoms with Crippen molar-refractivity contribution in [3.8, 4) is 0 Å². The van der Waals surface area contributed by atoms with Gasteiger partial charge in [-0.1, -0.05) is 18.2 Å². The maximum absolute atomic E-state index is 11.5. The van der Waals surface area contributed by atoms with Crippen LogP contribution >= 0.6 is 0 Å². The van der Waals surface area contributed by atoms with Crippen molar-refractivity contribution in [2.24, 2.45) is 5.92 Å². The Morgan fingerprint density at radius 3 is 2.67 bits per heavy atom. The molecule has 2 rings (SSSR count). The van der Waals surface area contributed by atoms with Crippen LogP contribution in [-0.2, 0) is 11.2 Å². The SMILES string of the molecule is O=C(CC1CC1)NCCc1ccccc1C(=O)O. The number of hydrogen-bond acceptors (Lipinski definition) is 2. The highest BCUT2D eigenvalue weighted by Gasteiger charge is 2.24. The van der Waals surface area contributed by atoms with Gasteiger partial charge in [0.05, 0.1) is 5.56 Å². The van der Waals surface area contributed by atoms with Gasteiger partial charge in [0.15, 0.2) is 0 Å². The van der Waals surface area contributed by atoms with Gasteiger partial charge < -0.3 is 10.4 Å². The molecule has 1 aliphatic carbocycles. The predicted molar refractivity (Wildman–Crippen MR) is 67.5 cm³/mol. The van der Waals surface area contributed by atoms with E-state index in [1.807, 2.05) is 6.07 Å². The van der Waals surface area contributed by atoms with Crippen molar-refractivity contribution in [1.82, 2.24) is 5.32 Å². The lowest BCUT2D eigenvalue weighted by atomic mass is 10.0. The molecule has 0 aliphatic heterocycles. The van der Waals surface area contributed by atoms with Crippen LogP contribution in [-0.4, -0.2) is 23.5 Å². The van der Waals surface area contributed by atoms with Crippen molar-refractivity contribution in [2.75, 3.05) is 6.54 Å². The first-order valence-corrected chi connectivity index (χ1v) is 6.24. The molecule has 1 saturated carbocycles. The lowest BCUT2D eigenvalue weighted by Crippen LogP contribution is -2.26. The second-order valence-corrected chi connectivity index (χ2v) is 4.71. The Kier molecular flexibility index (Phi) is 3.97. The molecule has 0 radical (unpaired) electrons. The minimum Gasteiger partial charge on any atom is -0.478 e. The summed E-state index contributed by atoms with van der Waals surface area (Å²) in [6.07, 6.45) is 3.49. The number of carboxylic acids is 1. The van der Waals surface area contributed by atoms with Crippen LogP contribution in [0.3, 0.4) is 0 Å². The van der Waals surface area contributed by atoms with E-state index in [1.54, 1.807) is 18.2 Å². The highest BCUT2D eigenvalue weighted by atomic mass is 16.4. The predicted octanol–water partition coefficient (Wildman–Crippen LogP) is 1.84. The summed E-state index contributed by atoms with van der Waals surface area (Å²) in [6, 6.07) is 6.90. The molecule has 0 bridgehead atoms. The van der Waals surface area contributed by atoms with Crippen LogP contribution in [0.2, 0.25) is 0 Å². The zero-order valence-corrected chi connectivity index (χ0v) is 10.2. The van der Waals surface area contributed by atoms with Gasteiger partial charge in [0.25, 0.3) is 0 Å². The third kappa shape index (κ3) is 3.58. The van der Waals surface area contributed by atoms with E-state index in [9.17, 15) is 9.59 Å². The highest BCUT2D eigenvalue weighted by Crippen LogP contribution is 2.31. The van der Waals surface area contributed by atoms with E-state index in [4.69, 9.17) is 5.11 Å². The van der Waals surface area contributed by atoms with E-state index < -0.39 is 5.97 Å². The van der Waals surface area contributed by atoms with Crippen molar-refractivity contribution < 1.29 is 14.7 Å². The summed E-state index contributed by atoms with van der Waals surface area (Å²) in [6.45, 7) is 0.496. The van der Waals surface area contributed by atoms with Crippen LogP contribution < -0.4 is 5.32 Å². The third-order valence-electron chi connectivity index (χ3n) is 3.14. The number of nitrogens with one attached hydrogen (secondary N) is 1. The summed E-state index contributed by atoms with van der Waals surface area (Å²) in [4.78, 5) is 22.5. The largest absolute Gasteiger partial charge is 0.478 e. The number of hydrogen-bond donors (Lipinski definition) is 2. The van der Waals surface area contributed by atoms with Crippen LogP contribution in [0, 0.1) is 5.92 Å². The van der Waals surface area contributed by atoms with Crippen LogP contribution in [0.5, 0.6) is 0 Å². The summed E-state index contributed by atoms with van der Waals surface area (Å²) in [5.74, 6) is -0.267. The van der Waals surface area contributed by atoms with Crippen LogP contribution in [0.4, 0.5) is 0 Å². The third-order valence-corrected chi connectivity index (χ3v) is 3.14. The number of carbonyl (C=O) groups excluding carboxylic acids is 1. The quantitative estimate of drug-likeness (QED) is 0.806. The number of amides is 1. The van der Waals surface area contributed by atoms with Crippen molar-refractivity contribution in [3.63, 3.8) is 0 Å². The van der Waals surface area contributed by atoms with Crippen molar-refractivity contribution in [3.05, 3.63) is 35.4 Å². The molecule has 18 heavy (non-hydrogen) atoms. The maximum Gasteiger partial charge on any atom is 0.335 e. The molecule has 0 spiro atoms. The number of rotatable bonds is 6. The van der Waals surface area contributed by atoms with E-state index in [-0.39, 0.29) is 5.91 Å². The Balaban J connectivity index is 1.82. The Morgan fingerprint density at radius 1 is 1.28 bits per heavy atom. The lowest BCUT2D eigenvalue weighted by Gasteiger charge is -2.07. The molecule has 0 unspecified atom stereocenters. The molecule has 0 heterocycles. The first-order chi connectivity index (χ1) is 8.66. The Hall–Kier alpha value is -1.84. The fraction of sp³-hybridized carbons (Fsp3) is 0.429. The Bertz CT molecular complexity index is 452. The average molecular weight is 247 g/mol. The number of benzene rings is 1. The maximum atomic E-state index is 11.5. The second-order valence-electron chi connectivity index (χ2n) is 4.71. The molecular formula is C14H17NO3. The van der Waals surface area contributed by atoms with Gasteiger partial charge in [0, 0.05) is 13.0 Å². The first kappa shape index (κ1) is 12.6. The molecule has 1 aromatic rings. The van der Waals surface area contributed by atoms with Crippen LogP contribution in [0.1, 0.15) is 35.2 Å². The van der Waals surface area contributed by atoms with Gasteiger partial charge in [0.2, 0.25) is 5.91 Å². The smallest absolute Gasteiger partial charge is 0.335 e. The summed E-state index contributed by atoms with van der Waals surface area (Å²) < 4.78 is 0. The molecule has 1 aromatic carbocycles. The van der Waals surface area contributed by atoms with Gasteiger partial charge in [-0.05, 0) is 36.8 Å². The van der Waals surface area contributed by atoms with Gasteiger partial charge in [-0.15, -0.1) is 0 Å². The van der Waals surface area contributed by atoms with Gasteiger partial charge in [-0.25, -0.2) is 4.79 Å². The second kappa shape index (κ2) is 5.67. The number of aromatic carboxylic acids is 1. The summed E-state index contributed by atoms with van der Waals surface area (Å²) in [5, 5.41) is 11.9. The zero-order chi connectivity index (χ0) is 13.0. The van der Waals surface area contributed by atoms with E-state index in [0.29, 0.717) is 30.9 Å². The van der Waals surface area contributed by atoms with Crippen molar-refractivity contribution in [2.45, 2.75) is 25.7 Å². The molecule has 4 heteroatoms. The molecule has 0 saturated heterocycles. The lowest BCUT2D eigenvalue weighted by molar-refractivity contribution is -0.121. The molecule has 1 amide bonds. The minimum atomic E-state index is -0.921. The van der Waals surface area contributed by atoms with Gasteiger partial charge in [-0.2, -0.15) is 0 Å². The van der Waals surface area contributed by atoms with Crippen LogP contribution in [0.15, 0.2) is 24.3 Å². The summed E-state index contributed by atoms with van der Waals surface area (Å²) >= 11 is 0. The van der Waals surface area contributed by atoms with Gasteiger partial charge in [0.1, 0.15) is 0 Å². The summed E-state index contributed by atoms with van der Waals surface area (Å²) in [7, 11) is 0. The van der Waals surface area contributed by atoms with E-state index in [1.165, 1.54) is 0 Å². The zero-order valence-electron chi connectivity index (χ0n) is 10.2. The fourth-order valence-corrected chi connectivity index (χ4v) is 1.94. The Morgan fingerprint density at radius 2 is 2.00 bits per heavy atom. The topological polar surface area (TPSA) is 66.4 Å². The van der Waals surface area contributed by atoms with Crippen molar-refractivity contribution in [1.29, 1.82) is 0 Å². The standard InChI is InChI=1S/C14H17NO3/c16-13(9-10-5-6-10)15-8-7-11-3-1-2-4-12(11)14(17)18/h1-4,10H,5-9H2,(H,15,16)(H,17,18). The molecule has 2 N–H and O–H groups in total. The van der Waals surface area contributed by atoms with Gasteiger partial charge in [-0.3, -0.25) is 4.79 Å². The van der Waals surface area contributed by atoms with E-state index in [0.717, 1.165) is 18.4 Å². The first-order valence-electron chi connectivity index (χ1n) is 6.24. The molecule has 4 nitrogen and oxygen atoms in total. The molecule has 1 fully saturated rings. The molecule has 0 atom stereocenters. The van der Waals surface area contributed by atoms with Crippen molar-refractivity contribution >= 4 is 11.9 Å². The Labute approximate surface area is 106 Å². The minimum absolute atomic E-state index is 0.0744. The molecule has 1 aliphatic rings. The van der Waals surface area contributed by atoms with E-state index in [2.05, 4.69) is 5.32 Å². The monoisotopic (exact) mass is 247 g/mol. The normalized spacial score (nSPS) is 14.2. The average Bonchev–Trinajstić information content (AvgIpc) is 3.13. The highest BCUT2D eigenvalue weighted by molar-refractivity contribution is 5.89. The summed E-state index contributed by atoms with van der Waals surface area (Å²) in [5.41, 5.74) is 1.07. The van der Waals surface area contributed by atoms with E-state index >= 15 is 0 Å². The number of carboxylic acid groups (broad SMARTS) is 1.